The van der Waals surface area contributed by atoms with Gasteiger partial charge in [-0.05, 0) is 30.7 Å². The van der Waals surface area contributed by atoms with Gasteiger partial charge in [0.1, 0.15) is 11.7 Å². The van der Waals surface area contributed by atoms with E-state index in [2.05, 4.69) is 36.0 Å². The number of anilines is 4. The molecule has 1 aromatic heterocycles. The number of aromatic nitrogens is 2. The molecule has 7 N–H and O–H groups in total. The van der Waals surface area contributed by atoms with E-state index in [4.69, 9.17) is 10.5 Å². The van der Waals surface area contributed by atoms with Gasteiger partial charge in [-0.15, -0.1) is 0 Å². The molecule has 0 bridgehead atoms. The first kappa shape index (κ1) is 24.4. The van der Waals surface area contributed by atoms with Gasteiger partial charge >= 0.3 is 11.9 Å². The fourth-order valence-electron chi connectivity index (χ4n) is 3.33. The minimum absolute atomic E-state index is 0.0384. The largest absolute Gasteiger partial charge is 0.469 e. The number of ether oxygens (including phenoxy) is 2. The number of carbonyl (C=O) groups excluding carboxylic acids is 3. The molecule has 3 rings (SSSR count). The lowest BCUT2D eigenvalue weighted by Crippen LogP contribution is -2.42. The Morgan fingerprint density at radius 2 is 1.94 bits per heavy atom. The number of esters is 2. The standard InChI is InChI=1S/C21H27N7O6/c1-33-15(29)8-7-14(20(32)34-2)26-18(30)11-3-5-12(6-4-11)23-9-13-10-24-17-16(25-13)19(31)28-21(22)27-17/h3-6,13-14,23,25H,7-10H2,1-2H3,(H,26,30)(H4,22,24,27,28,31). The van der Waals surface area contributed by atoms with Crippen LogP contribution in [0.25, 0.3) is 0 Å². The quantitative estimate of drug-likeness (QED) is 0.267. The smallest absolute Gasteiger partial charge is 0.328 e. The molecule has 1 aliphatic heterocycles. The Kier molecular flexibility index (Phi) is 7.90. The van der Waals surface area contributed by atoms with Gasteiger partial charge < -0.3 is 36.5 Å². The number of carbonyl (C=O) groups is 3. The van der Waals surface area contributed by atoms with Crippen molar-refractivity contribution in [1.82, 2.24) is 15.3 Å². The van der Waals surface area contributed by atoms with E-state index in [0.717, 1.165) is 5.69 Å². The van der Waals surface area contributed by atoms with Gasteiger partial charge in [-0.25, -0.2) is 4.79 Å². The van der Waals surface area contributed by atoms with Crippen molar-refractivity contribution in [2.75, 3.05) is 49.0 Å². The van der Waals surface area contributed by atoms with E-state index in [1.165, 1.54) is 14.2 Å². The molecular weight excluding hydrogens is 446 g/mol. The molecule has 1 amide bonds. The summed E-state index contributed by atoms with van der Waals surface area (Å²) in [6, 6.07) is 5.57. The van der Waals surface area contributed by atoms with Crippen LogP contribution in [0, 0.1) is 0 Å². The van der Waals surface area contributed by atoms with Crippen LogP contribution in [0.4, 0.5) is 23.1 Å². The van der Waals surface area contributed by atoms with Crippen LogP contribution in [0.15, 0.2) is 29.1 Å². The van der Waals surface area contributed by atoms with E-state index in [1.54, 1.807) is 24.3 Å². The van der Waals surface area contributed by atoms with Crippen molar-refractivity contribution in [3.05, 3.63) is 40.2 Å². The summed E-state index contributed by atoms with van der Waals surface area (Å²) in [5.74, 6) is -1.17. The molecule has 182 valence electrons. The Morgan fingerprint density at radius 3 is 2.62 bits per heavy atom. The van der Waals surface area contributed by atoms with Gasteiger partial charge in [0.15, 0.2) is 5.82 Å². The number of amides is 1. The highest BCUT2D eigenvalue weighted by Crippen LogP contribution is 2.20. The van der Waals surface area contributed by atoms with Gasteiger partial charge in [0.05, 0.1) is 20.3 Å². The molecule has 0 saturated heterocycles. The molecular formula is C21H27N7O6. The van der Waals surface area contributed by atoms with Crippen molar-refractivity contribution in [1.29, 1.82) is 0 Å². The van der Waals surface area contributed by atoms with Crippen LogP contribution >= 0.6 is 0 Å². The first-order chi connectivity index (χ1) is 16.3. The van der Waals surface area contributed by atoms with Gasteiger partial charge in [-0.1, -0.05) is 0 Å². The molecule has 2 unspecified atom stereocenters. The zero-order chi connectivity index (χ0) is 24.7. The van der Waals surface area contributed by atoms with Gasteiger partial charge in [-0.2, -0.15) is 4.98 Å². The number of nitrogens with one attached hydrogen (secondary N) is 5. The predicted molar refractivity (Wildman–Crippen MR) is 125 cm³/mol. The third kappa shape index (κ3) is 6.15. The maximum atomic E-state index is 12.6. The number of nitrogen functional groups attached to an aromatic ring is 1. The summed E-state index contributed by atoms with van der Waals surface area (Å²) in [6.07, 6.45) is 0.0183. The Bertz CT molecular complexity index is 1100. The molecule has 13 nitrogen and oxygen atoms in total. The van der Waals surface area contributed by atoms with Gasteiger partial charge in [0, 0.05) is 30.8 Å². The molecule has 2 atom stereocenters. The fourth-order valence-corrected chi connectivity index (χ4v) is 3.33. The van der Waals surface area contributed by atoms with E-state index in [9.17, 15) is 19.2 Å². The number of hydrogen-bond acceptors (Lipinski definition) is 11. The van der Waals surface area contributed by atoms with E-state index in [-0.39, 0.29) is 30.4 Å². The molecule has 0 saturated carbocycles. The second-order valence-electron chi connectivity index (χ2n) is 7.52. The molecule has 2 aromatic rings. The van der Waals surface area contributed by atoms with Gasteiger partial charge in [0.2, 0.25) is 5.95 Å². The van der Waals surface area contributed by atoms with Crippen LogP contribution in [0.2, 0.25) is 0 Å². The lowest BCUT2D eigenvalue weighted by atomic mass is 10.1. The maximum Gasteiger partial charge on any atom is 0.328 e. The summed E-state index contributed by atoms with van der Waals surface area (Å²) in [6.45, 7) is 1.01. The van der Waals surface area contributed by atoms with Crippen LogP contribution in [-0.2, 0) is 19.1 Å². The van der Waals surface area contributed by atoms with Crippen LogP contribution in [0.1, 0.15) is 23.2 Å². The molecule has 1 aromatic carbocycles. The van der Waals surface area contributed by atoms with Crippen molar-refractivity contribution in [2.24, 2.45) is 0 Å². The number of rotatable bonds is 9. The number of nitrogens with zero attached hydrogens (tertiary/aromatic N) is 1. The minimum Gasteiger partial charge on any atom is -0.469 e. The Balaban J connectivity index is 1.55. The first-order valence-corrected chi connectivity index (χ1v) is 10.5. The number of methoxy groups -OCH3 is 2. The molecule has 1 aliphatic rings. The van der Waals surface area contributed by atoms with Crippen molar-refractivity contribution in [3.63, 3.8) is 0 Å². The number of hydrogen-bond donors (Lipinski definition) is 6. The molecule has 0 radical (unpaired) electrons. The molecule has 0 fully saturated rings. The molecule has 0 aliphatic carbocycles. The zero-order valence-corrected chi connectivity index (χ0v) is 18.8. The second kappa shape index (κ2) is 11.0. The summed E-state index contributed by atoms with van der Waals surface area (Å²) in [4.78, 5) is 54.4. The van der Waals surface area contributed by atoms with E-state index >= 15 is 0 Å². The Labute approximate surface area is 194 Å². The summed E-state index contributed by atoms with van der Waals surface area (Å²) in [5.41, 5.74) is 6.61. The van der Waals surface area contributed by atoms with Gasteiger partial charge in [0.25, 0.3) is 11.5 Å². The van der Waals surface area contributed by atoms with Crippen LogP contribution in [0.5, 0.6) is 0 Å². The van der Waals surface area contributed by atoms with Gasteiger partial charge in [-0.3, -0.25) is 19.4 Å². The Morgan fingerprint density at radius 1 is 1.21 bits per heavy atom. The fraction of sp³-hybridized carbons (Fsp3) is 0.381. The highest BCUT2D eigenvalue weighted by atomic mass is 16.5. The molecule has 0 spiro atoms. The predicted octanol–water partition coefficient (Wildman–Crippen LogP) is -0.105. The SMILES string of the molecule is COC(=O)CCC(NC(=O)c1ccc(NCC2CNc3nc(N)[nH]c(=O)c3N2)cc1)C(=O)OC. The minimum atomic E-state index is -0.977. The highest BCUT2D eigenvalue weighted by molar-refractivity contribution is 5.97. The second-order valence-corrected chi connectivity index (χ2v) is 7.52. The molecule has 34 heavy (non-hydrogen) atoms. The van der Waals surface area contributed by atoms with Crippen molar-refractivity contribution in [2.45, 2.75) is 24.9 Å². The highest BCUT2D eigenvalue weighted by Gasteiger charge is 2.24. The van der Waals surface area contributed by atoms with E-state index in [0.29, 0.717) is 30.2 Å². The average Bonchev–Trinajstić information content (AvgIpc) is 2.84. The number of fused-ring (bicyclic) bond motifs is 1. The first-order valence-electron chi connectivity index (χ1n) is 10.5. The molecule has 13 heteroatoms. The van der Waals surface area contributed by atoms with E-state index < -0.39 is 23.9 Å². The van der Waals surface area contributed by atoms with Crippen molar-refractivity contribution in [3.8, 4) is 0 Å². The van der Waals surface area contributed by atoms with Crippen molar-refractivity contribution < 1.29 is 23.9 Å². The van der Waals surface area contributed by atoms with Crippen molar-refractivity contribution >= 4 is 41.0 Å². The summed E-state index contributed by atoms with van der Waals surface area (Å²) in [7, 11) is 2.45. The number of benzene rings is 1. The van der Waals surface area contributed by atoms with Crippen LogP contribution < -0.4 is 32.6 Å². The number of H-pyrrole nitrogens is 1. The van der Waals surface area contributed by atoms with Crippen LogP contribution in [-0.4, -0.2) is 67.2 Å². The monoisotopic (exact) mass is 473 g/mol. The molecule has 2 heterocycles. The Hall–Kier alpha value is -4.29. The summed E-state index contributed by atoms with van der Waals surface area (Å²) >= 11 is 0. The number of aromatic amines is 1. The lowest BCUT2D eigenvalue weighted by Gasteiger charge is -2.27. The van der Waals surface area contributed by atoms with E-state index in [1.807, 2.05) is 0 Å². The lowest BCUT2D eigenvalue weighted by molar-refractivity contribution is -0.144. The zero-order valence-electron chi connectivity index (χ0n) is 18.8. The number of nitrogens with two attached hydrogens (primary N) is 1. The summed E-state index contributed by atoms with van der Waals surface area (Å²) in [5, 5.41) is 12.0. The van der Waals surface area contributed by atoms with Crippen LogP contribution in [0.3, 0.4) is 0 Å². The summed E-state index contributed by atoms with van der Waals surface area (Å²) < 4.78 is 9.27. The average molecular weight is 473 g/mol. The third-order valence-electron chi connectivity index (χ3n) is 5.16. The normalized spacial score (nSPS) is 15.1. The maximum absolute atomic E-state index is 12.6. The topological polar surface area (TPSA) is 190 Å². The third-order valence-corrected chi connectivity index (χ3v) is 5.16.